The number of nitrogens with two attached hydrogens (primary N) is 1. The SMILES string of the molecule is CCC(C)N(CCOC)Cc1c(N)cccc1F. The minimum atomic E-state index is -0.235. The minimum Gasteiger partial charge on any atom is -0.398 e. The number of nitrogens with zero attached hydrogens (tertiary/aromatic N) is 1. The average molecular weight is 254 g/mol. The third-order valence-corrected chi connectivity index (χ3v) is 3.31. The summed E-state index contributed by atoms with van der Waals surface area (Å²) in [6.45, 7) is 6.19. The van der Waals surface area contributed by atoms with Crippen LogP contribution in [0, 0.1) is 5.82 Å². The fourth-order valence-electron chi connectivity index (χ4n) is 1.87. The van der Waals surface area contributed by atoms with Gasteiger partial charge in [-0.05, 0) is 25.5 Å². The van der Waals surface area contributed by atoms with Gasteiger partial charge in [0.05, 0.1) is 6.61 Å². The van der Waals surface area contributed by atoms with Crippen LogP contribution in [-0.4, -0.2) is 31.2 Å². The summed E-state index contributed by atoms with van der Waals surface area (Å²) in [6.07, 6.45) is 1.01. The van der Waals surface area contributed by atoms with E-state index >= 15 is 0 Å². The van der Waals surface area contributed by atoms with Crippen molar-refractivity contribution in [3.05, 3.63) is 29.6 Å². The van der Waals surface area contributed by atoms with E-state index < -0.39 is 0 Å². The molecular weight excluding hydrogens is 231 g/mol. The number of hydrogen-bond donors (Lipinski definition) is 1. The van der Waals surface area contributed by atoms with Crippen LogP contribution in [0.5, 0.6) is 0 Å². The maximum Gasteiger partial charge on any atom is 0.129 e. The molecule has 102 valence electrons. The summed E-state index contributed by atoms with van der Waals surface area (Å²) in [4.78, 5) is 2.19. The molecular formula is C14H23FN2O. The first-order chi connectivity index (χ1) is 8.60. The Kier molecular flexibility index (Phi) is 6.09. The molecule has 1 aromatic rings. The van der Waals surface area contributed by atoms with Crippen LogP contribution in [0.1, 0.15) is 25.8 Å². The monoisotopic (exact) mass is 254 g/mol. The Morgan fingerprint density at radius 2 is 2.17 bits per heavy atom. The first kappa shape index (κ1) is 14.9. The van der Waals surface area contributed by atoms with E-state index in [2.05, 4.69) is 18.7 Å². The molecule has 3 nitrogen and oxygen atoms in total. The van der Waals surface area contributed by atoms with Crippen molar-refractivity contribution >= 4 is 5.69 Å². The zero-order valence-electron chi connectivity index (χ0n) is 11.4. The molecule has 0 saturated carbocycles. The number of benzene rings is 1. The van der Waals surface area contributed by atoms with Crippen LogP contribution in [0.3, 0.4) is 0 Å². The van der Waals surface area contributed by atoms with E-state index in [-0.39, 0.29) is 5.82 Å². The Hall–Kier alpha value is -1.13. The van der Waals surface area contributed by atoms with E-state index in [1.165, 1.54) is 6.07 Å². The van der Waals surface area contributed by atoms with Crippen LogP contribution in [0.2, 0.25) is 0 Å². The predicted molar refractivity (Wildman–Crippen MR) is 72.9 cm³/mol. The molecule has 18 heavy (non-hydrogen) atoms. The van der Waals surface area contributed by atoms with Crippen LogP contribution in [-0.2, 0) is 11.3 Å². The Bertz CT molecular complexity index is 351. The molecule has 1 rings (SSSR count). The molecule has 0 amide bonds. The van der Waals surface area contributed by atoms with Gasteiger partial charge in [0.2, 0.25) is 0 Å². The zero-order chi connectivity index (χ0) is 13.5. The highest BCUT2D eigenvalue weighted by Crippen LogP contribution is 2.19. The van der Waals surface area contributed by atoms with Crippen LogP contribution in [0.25, 0.3) is 0 Å². The van der Waals surface area contributed by atoms with Crippen molar-refractivity contribution < 1.29 is 9.13 Å². The number of ether oxygens (including phenoxy) is 1. The molecule has 2 N–H and O–H groups in total. The highest BCUT2D eigenvalue weighted by Gasteiger charge is 2.16. The molecule has 0 heterocycles. The molecule has 0 radical (unpaired) electrons. The topological polar surface area (TPSA) is 38.5 Å². The third-order valence-electron chi connectivity index (χ3n) is 3.31. The lowest BCUT2D eigenvalue weighted by atomic mass is 10.1. The van der Waals surface area contributed by atoms with Crippen molar-refractivity contribution in [3.63, 3.8) is 0 Å². The van der Waals surface area contributed by atoms with Crippen LogP contribution < -0.4 is 5.73 Å². The van der Waals surface area contributed by atoms with Crippen molar-refractivity contribution in [2.24, 2.45) is 0 Å². The molecule has 1 atom stereocenters. The number of anilines is 1. The molecule has 1 aromatic carbocycles. The Morgan fingerprint density at radius 1 is 1.44 bits per heavy atom. The van der Waals surface area contributed by atoms with E-state index in [4.69, 9.17) is 10.5 Å². The molecule has 0 saturated heterocycles. The summed E-state index contributed by atoms with van der Waals surface area (Å²) in [6, 6.07) is 5.20. The van der Waals surface area contributed by atoms with Crippen molar-refractivity contribution in [3.8, 4) is 0 Å². The van der Waals surface area contributed by atoms with Crippen molar-refractivity contribution in [2.75, 3.05) is 26.0 Å². The Labute approximate surface area is 109 Å². The highest BCUT2D eigenvalue weighted by atomic mass is 19.1. The van der Waals surface area contributed by atoms with E-state index in [0.717, 1.165) is 13.0 Å². The largest absolute Gasteiger partial charge is 0.398 e. The number of rotatable bonds is 7. The van der Waals surface area contributed by atoms with Crippen LogP contribution >= 0.6 is 0 Å². The summed E-state index contributed by atoms with van der Waals surface area (Å²) in [7, 11) is 1.67. The number of halogens is 1. The zero-order valence-corrected chi connectivity index (χ0v) is 11.4. The lowest BCUT2D eigenvalue weighted by Crippen LogP contribution is -2.35. The van der Waals surface area contributed by atoms with Gasteiger partial charge >= 0.3 is 0 Å². The average Bonchev–Trinajstić information content (AvgIpc) is 2.36. The van der Waals surface area contributed by atoms with Gasteiger partial charge in [0, 0.05) is 37.5 Å². The van der Waals surface area contributed by atoms with Crippen molar-refractivity contribution in [2.45, 2.75) is 32.9 Å². The lowest BCUT2D eigenvalue weighted by molar-refractivity contribution is 0.117. The molecule has 0 aliphatic carbocycles. The lowest BCUT2D eigenvalue weighted by Gasteiger charge is -2.28. The smallest absolute Gasteiger partial charge is 0.129 e. The van der Waals surface area contributed by atoms with E-state index in [1.54, 1.807) is 19.2 Å². The second kappa shape index (κ2) is 7.34. The van der Waals surface area contributed by atoms with Gasteiger partial charge in [-0.2, -0.15) is 0 Å². The van der Waals surface area contributed by atoms with E-state index in [9.17, 15) is 4.39 Å². The molecule has 1 unspecified atom stereocenters. The maximum atomic E-state index is 13.8. The van der Waals surface area contributed by atoms with Gasteiger partial charge in [0.25, 0.3) is 0 Å². The summed E-state index contributed by atoms with van der Waals surface area (Å²) in [5.41, 5.74) is 6.93. The second-order valence-corrected chi connectivity index (χ2v) is 4.53. The molecule has 0 bridgehead atoms. The molecule has 0 fully saturated rings. The summed E-state index contributed by atoms with van der Waals surface area (Å²) in [5.74, 6) is -0.235. The molecule has 4 heteroatoms. The fraction of sp³-hybridized carbons (Fsp3) is 0.571. The number of hydrogen-bond acceptors (Lipinski definition) is 3. The van der Waals surface area contributed by atoms with Gasteiger partial charge < -0.3 is 10.5 Å². The molecule has 0 spiro atoms. The van der Waals surface area contributed by atoms with Crippen LogP contribution in [0.15, 0.2) is 18.2 Å². The molecule has 0 aromatic heterocycles. The van der Waals surface area contributed by atoms with Gasteiger partial charge in [-0.1, -0.05) is 13.0 Å². The molecule has 0 aliphatic rings. The van der Waals surface area contributed by atoms with E-state index in [0.29, 0.717) is 30.4 Å². The first-order valence-electron chi connectivity index (χ1n) is 6.36. The summed E-state index contributed by atoms with van der Waals surface area (Å²) in [5, 5.41) is 0. The van der Waals surface area contributed by atoms with Gasteiger partial charge in [-0.25, -0.2) is 4.39 Å². The summed E-state index contributed by atoms with van der Waals surface area (Å²) >= 11 is 0. The fourth-order valence-corrected chi connectivity index (χ4v) is 1.87. The second-order valence-electron chi connectivity index (χ2n) is 4.53. The standard InChI is InChI=1S/C14H23FN2O/c1-4-11(2)17(8-9-18-3)10-12-13(15)6-5-7-14(12)16/h5-7,11H,4,8-10,16H2,1-3H3. The van der Waals surface area contributed by atoms with Gasteiger partial charge in [-0.3, -0.25) is 4.90 Å². The van der Waals surface area contributed by atoms with Gasteiger partial charge in [0.1, 0.15) is 5.82 Å². The minimum absolute atomic E-state index is 0.235. The Balaban J connectivity index is 2.81. The normalized spacial score (nSPS) is 12.9. The van der Waals surface area contributed by atoms with E-state index in [1.807, 2.05) is 0 Å². The summed E-state index contributed by atoms with van der Waals surface area (Å²) < 4.78 is 18.9. The van der Waals surface area contributed by atoms with Crippen molar-refractivity contribution in [1.29, 1.82) is 0 Å². The quantitative estimate of drug-likeness (QED) is 0.760. The number of methoxy groups -OCH3 is 1. The van der Waals surface area contributed by atoms with Crippen molar-refractivity contribution in [1.82, 2.24) is 4.90 Å². The highest BCUT2D eigenvalue weighted by molar-refractivity contribution is 5.47. The third kappa shape index (κ3) is 3.96. The number of nitrogen functional groups attached to an aromatic ring is 1. The predicted octanol–water partition coefficient (Wildman–Crippen LogP) is 2.65. The van der Waals surface area contributed by atoms with Crippen LogP contribution in [0.4, 0.5) is 10.1 Å². The molecule has 0 aliphatic heterocycles. The first-order valence-corrected chi connectivity index (χ1v) is 6.36. The van der Waals surface area contributed by atoms with Gasteiger partial charge in [0.15, 0.2) is 0 Å². The van der Waals surface area contributed by atoms with Gasteiger partial charge in [-0.15, -0.1) is 0 Å². The maximum absolute atomic E-state index is 13.8. The Morgan fingerprint density at radius 3 is 2.72 bits per heavy atom.